The molecule has 3 amide bonds. The lowest BCUT2D eigenvalue weighted by atomic mass is 10.0. The summed E-state index contributed by atoms with van der Waals surface area (Å²) >= 11 is 5.91. The van der Waals surface area contributed by atoms with Gasteiger partial charge in [-0.2, -0.15) is 0 Å². The highest BCUT2D eigenvalue weighted by Gasteiger charge is 2.40. The van der Waals surface area contributed by atoms with Crippen LogP contribution < -0.4 is 10.6 Å². The molecule has 2 N–H and O–H groups in total. The van der Waals surface area contributed by atoms with E-state index < -0.39 is 12.1 Å². The van der Waals surface area contributed by atoms with E-state index in [2.05, 4.69) is 34.4 Å². The van der Waals surface area contributed by atoms with Crippen molar-refractivity contribution in [2.24, 2.45) is 5.92 Å². The summed E-state index contributed by atoms with van der Waals surface area (Å²) in [4.78, 5) is 36.2. The smallest absolute Gasteiger partial charge is 0.322 e. The van der Waals surface area contributed by atoms with E-state index in [1.807, 2.05) is 6.07 Å². The van der Waals surface area contributed by atoms with Gasteiger partial charge in [0.2, 0.25) is 5.91 Å². The van der Waals surface area contributed by atoms with Crippen LogP contribution in [0.4, 0.5) is 16.3 Å². The van der Waals surface area contributed by atoms with E-state index >= 15 is 0 Å². The molecular weight excluding hydrogens is 470 g/mol. The summed E-state index contributed by atoms with van der Waals surface area (Å²) in [5.74, 6) is 1.15. The van der Waals surface area contributed by atoms with Crippen LogP contribution >= 0.6 is 11.6 Å². The SMILES string of the molecule is CO[C@@H]1C[C@H](C(=O)Nc2ccc(-c3ocnc3CC(C)C)cn2)N(C(=O)Nc2ccc(Cl)cc2)C1. The van der Waals surface area contributed by atoms with E-state index in [1.165, 1.54) is 11.3 Å². The lowest BCUT2D eigenvalue weighted by molar-refractivity contribution is -0.119. The monoisotopic (exact) mass is 497 g/mol. The second kappa shape index (κ2) is 10.9. The normalized spacial score (nSPS) is 17.6. The molecule has 0 aliphatic carbocycles. The number of likely N-dealkylation sites (tertiary alicyclic amines) is 1. The van der Waals surface area contributed by atoms with Crippen molar-refractivity contribution in [3.8, 4) is 11.3 Å². The molecule has 0 unspecified atom stereocenters. The molecule has 184 valence electrons. The van der Waals surface area contributed by atoms with Crippen molar-refractivity contribution in [1.29, 1.82) is 0 Å². The van der Waals surface area contributed by atoms with Crippen molar-refractivity contribution in [3.63, 3.8) is 0 Å². The molecule has 10 heteroatoms. The maximum atomic E-state index is 13.1. The number of nitrogens with zero attached hydrogens (tertiary/aromatic N) is 3. The number of methoxy groups -OCH3 is 1. The van der Waals surface area contributed by atoms with Gasteiger partial charge in [-0.3, -0.25) is 4.79 Å². The molecule has 1 saturated heterocycles. The molecule has 1 aromatic carbocycles. The molecule has 1 aliphatic rings. The Morgan fingerprint density at radius 3 is 2.60 bits per heavy atom. The molecule has 3 heterocycles. The van der Waals surface area contributed by atoms with Crippen molar-refractivity contribution >= 4 is 35.0 Å². The first-order chi connectivity index (χ1) is 16.8. The number of halogens is 1. The lowest BCUT2D eigenvalue weighted by Crippen LogP contribution is -2.45. The minimum atomic E-state index is -0.708. The van der Waals surface area contributed by atoms with Crippen LogP contribution in [0, 0.1) is 5.92 Å². The predicted octanol–water partition coefficient (Wildman–Crippen LogP) is 4.85. The highest BCUT2D eigenvalue weighted by atomic mass is 35.5. The second-order valence-corrected chi connectivity index (χ2v) is 9.28. The summed E-state index contributed by atoms with van der Waals surface area (Å²) in [5, 5.41) is 6.19. The van der Waals surface area contributed by atoms with Gasteiger partial charge in [-0.1, -0.05) is 25.4 Å². The minimum Gasteiger partial charge on any atom is -0.443 e. The number of hydrogen-bond donors (Lipinski definition) is 2. The maximum Gasteiger partial charge on any atom is 0.322 e. The average molecular weight is 498 g/mol. The molecule has 0 spiro atoms. The fourth-order valence-electron chi connectivity index (χ4n) is 4.02. The zero-order chi connectivity index (χ0) is 24.9. The first kappa shape index (κ1) is 24.7. The van der Waals surface area contributed by atoms with Gasteiger partial charge < -0.3 is 24.7 Å². The average Bonchev–Trinajstić information content (AvgIpc) is 3.48. The number of nitrogens with one attached hydrogen (secondary N) is 2. The van der Waals surface area contributed by atoms with Gasteiger partial charge in [0.15, 0.2) is 12.2 Å². The number of hydrogen-bond acceptors (Lipinski definition) is 6. The summed E-state index contributed by atoms with van der Waals surface area (Å²) in [5.41, 5.74) is 2.24. The third-order valence-electron chi connectivity index (χ3n) is 5.77. The quantitative estimate of drug-likeness (QED) is 0.483. The number of aromatic nitrogens is 2. The van der Waals surface area contributed by atoms with Crippen molar-refractivity contribution in [2.45, 2.75) is 38.8 Å². The molecule has 1 fully saturated rings. The molecule has 1 aliphatic heterocycles. The predicted molar refractivity (Wildman–Crippen MR) is 133 cm³/mol. The van der Waals surface area contributed by atoms with Gasteiger partial charge >= 0.3 is 6.03 Å². The minimum absolute atomic E-state index is 0.247. The van der Waals surface area contributed by atoms with E-state index in [0.717, 1.165) is 17.7 Å². The van der Waals surface area contributed by atoms with Crippen molar-refractivity contribution in [1.82, 2.24) is 14.9 Å². The summed E-state index contributed by atoms with van der Waals surface area (Å²) < 4.78 is 11.0. The number of amides is 3. The number of carbonyl (C=O) groups is 2. The molecule has 2 atom stereocenters. The summed E-state index contributed by atoms with van der Waals surface area (Å²) in [6, 6.07) is 9.20. The van der Waals surface area contributed by atoms with Crippen LogP contribution in [0.1, 0.15) is 26.0 Å². The van der Waals surface area contributed by atoms with E-state index in [0.29, 0.717) is 41.2 Å². The van der Waals surface area contributed by atoms with E-state index in [4.69, 9.17) is 20.8 Å². The Labute approximate surface area is 208 Å². The molecule has 9 nitrogen and oxygen atoms in total. The van der Waals surface area contributed by atoms with Crippen LogP contribution in [0.3, 0.4) is 0 Å². The van der Waals surface area contributed by atoms with Crippen LogP contribution in [0.2, 0.25) is 5.02 Å². The van der Waals surface area contributed by atoms with E-state index in [-0.39, 0.29) is 12.0 Å². The first-order valence-electron chi connectivity index (χ1n) is 11.4. The lowest BCUT2D eigenvalue weighted by Gasteiger charge is -2.24. The van der Waals surface area contributed by atoms with E-state index in [9.17, 15) is 9.59 Å². The van der Waals surface area contributed by atoms with Gasteiger partial charge in [0.1, 0.15) is 11.9 Å². The molecule has 0 saturated carbocycles. The van der Waals surface area contributed by atoms with Crippen LogP contribution in [0.15, 0.2) is 53.4 Å². The first-order valence-corrected chi connectivity index (χ1v) is 11.8. The Morgan fingerprint density at radius 2 is 1.94 bits per heavy atom. The standard InChI is InChI=1S/C25H28ClN5O4/c1-15(2)10-20-23(35-14-28-20)16-4-9-22(27-12-16)30-24(32)21-11-19(34-3)13-31(21)25(33)29-18-7-5-17(26)6-8-18/h4-9,12,14-15,19,21H,10-11,13H2,1-3H3,(H,29,33)(H,27,30,32)/t19-,21-/m1/s1. The van der Waals surface area contributed by atoms with Crippen molar-refractivity contribution in [3.05, 3.63) is 59.7 Å². The Bertz CT molecular complexity index is 1160. The molecular formula is C25H28ClN5O4. The maximum absolute atomic E-state index is 13.1. The van der Waals surface area contributed by atoms with Gasteiger partial charge in [-0.15, -0.1) is 0 Å². The second-order valence-electron chi connectivity index (χ2n) is 8.85. The molecule has 4 rings (SSSR count). The van der Waals surface area contributed by atoms with Crippen LogP contribution in [-0.2, 0) is 16.0 Å². The van der Waals surface area contributed by atoms with Gasteiger partial charge in [-0.25, -0.2) is 14.8 Å². The fourth-order valence-corrected chi connectivity index (χ4v) is 4.14. The zero-order valence-electron chi connectivity index (χ0n) is 19.8. The molecule has 35 heavy (non-hydrogen) atoms. The number of carbonyl (C=O) groups excluding carboxylic acids is 2. The largest absolute Gasteiger partial charge is 0.443 e. The molecule has 0 bridgehead atoms. The highest BCUT2D eigenvalue weighted by molar-refractivity contribution is 6.30. The third-order valence-corrected chi connectivity index (χ3v) is 6.03. The summed E-state index contributed by atoms with van der Waals surface area (Å²) in [6.45, 7) is 4.53. The van der Waals surface area contributed by atoms with Crippen LogP contribution in [0.25, 0.3) is 11.3 Å². The number of pyridine rings is 1. The fraction of sp³-hybridized carbons (Fsp3) is 0.360. The Morgan fingerprint density at radius 1 is 1.17 bits per heavy atom. The summed E-state index contributed by atoms with van der Waals surface area (Å²) in [6.07, 6.45) is 3.99. The Hall–Kier alpha value is -3.43. The topological polar surface area (TPSA) is 110 Å². The van der Waals surface area contributed by atoms with Gasteiger partial charge in [0.05, 0.1) is 11.8 Å². The number of ether oxygens (including phenoxy) is 1. The Balaban J connectivity index is 1.44. The highest BCUT2D eigenvalue weighted by Crippen LogP contribution is 2.26. The summed E-state index contributed by atoms with van der Waals surface area (Å²) in [7, 11) is 1.57. The molecule has 3 aromatic rings. The van der Waals surface area contributed by atoms with E-state index in [1.54, 1.807) is 43.6 Å². The number of anilines is 2. The zero-order valence-corrected chi connectivity index (χ0v) is 20.6. The number of oxazole rings is 1. The third kappa shape index (κ3) is 5.98. The van der Waals surface area contributed by atoms with Crippen LogP contribution in [-0.4, -0.2) is 52.6 Å². The Kier molecular flexibility index (Phi) is 7.67. The number of rotatable bonds is 7. The molecule has 2 aromatic heterocycles. The van der Waals surface area contributed by atoms with Crippen LogP contribution in [0.5, 0.6) is 0 Å². The molecule has 0 radical (unpaired) electrons. The number of urea groups is 1. The number of benzene rings is 1. The van der Waals surface area contributed by atoms with Crippen molar-refractivity contribution < 1.29 is 18.7 Å². The van der Waals surface area contributed by atoms with Gasteiger partial charge in [0, 0.05) is 42.5 Å². The van der Waals surface area contributed by atoms with Crippen molar-refractivity contribution in [2.75, 3.05) is 24.3 Å². The van der Waals surface area contributed by atoms with Gasteiger partial charge in [0.25, 0.3) is 0 Å². The van der Waals surface area contributed by atoms with Gasteiger partial charge in [-0.05, 0) is 48.7 Å².